The Hall–Kier alpha value is -1.37. The normalized spacial score (nSPS) is 51.1. The number of carbonyl (C=O) groups excluding carboxylic acids is 2. The third-order valence-corrected chi connectivity index (χ3v) is 6.84. The molecule has 4 saturated carbocycles. The minimum atomic E-state index is -1.02. The van der Waals surface area contributed by atoms with Gasteiger partial charge in [0.25, 0.3) is 0 Å². The molecule has 4 aliphatic rings. The van der Waals surface area contributed by atoms with Crippen molar-refractivity contribution in [1.82, 2.24) is 0 Å². The summed E-state index contributed by atoms with van der Waals surface area (Å²) in [5, 5.41) is 9.83. The zero-order valence-corrected chi connectivity index (χ0v) is 11.8. The average Bonchev–Trinajstić information content (AvgIpc) is 2.68. The Kier molecular flexibility index (Phi) is 2.13. The highest BCUT2D eigenvalue weighted by Crippen LogP contribution is 2.98. The highest BCUT2D eigenvalue weighted by molar-refractivity contribution is 5.98. The molecule has 4 heteroatoms. The van der Waals surface area contributed by atoms with Crippen LogP contribution in [0.4, 0.5) is 0 Å². The Balaban J connectivity index is 1.85. The van der Waals surface area contributed by atoms with Crippen LogP contribution >= 0.6 is 0 Å². The molecule has 0 aromatic rings. The molecule has 0 aromatic heterocycles. The van der Waals surface area contributed by atoms with Gasteiger partial charge >= 0.3 is 5.97 Å². The number of carbonyl (C=O) groups is 2. The molecule has 4 rings (SSSR count). The van der Waals surface area contributed by atoms with Crippen LogP contribution in [0.25, 0.3) is 0 Å². The summed E-state index contributed by atoms with van der Waals surface area (Å²) in [6.07, 6.45) is 5.39. The minimum Gasteiger partial charge on any atom is -0.465 e. The van der Waals surface area contributed by atoms with E-state index in [0.717, 1.165) is 32.1 Å². The van der Waals surface area contributed by atoms with Crippen LogP contribution in [0.5, 0.6) is 0 Å². The van der Waals surface area contributed by atoms with Gasteiger partial charge in [0.15, 0.2) is 5.41 Å². The van der Waals surface area contributed by atoms with E-state index in [-0.39, 0.29) is 34.4 Å². The van der Waals surface area contributed by atoms with Crippen molar-refractivity contribution in [2.24, 2.45) is 28.1 Å². The predicted molar refractivity (Wildman–Crippen MR) is 69.2 cm³/mol. The van der Waals surface area contributed by atoms with Gasteiger partial charge in [0.05, 0.1) is 12.7 Å². The summed E-state index contributed by atoms with van der Waals surface area (Å²) in [5.74, 6) is 0.155. The van der Waals surface area contributed by atoms with Crippen LogP contribution in [0, 0.1) is 39.4 Å². The van der Waals surface area contributed by atoms with Crippen LogP contribution in [0.2, 0.25) is 0 Å². The Morgan fingerprint density at radius 1 is 1.40 bits per heavy atom. The molecule has 4 nitrogen and oxygen atoms in total. The van der Waals surface area contributed by atoms with Crippen molar-refractivity contribution >= 4 is 11.8 Å². The number of nitrogens with zero attached hydrogens (tertiary/aromatic N) is 1. The van der Waals surface area contributed by atoms with Gasteiger partial charge in [-0.05, 0) is 32.1 Å². The highest BCUT2D eigenvalue weighted by atomic mass is 16.5. The largest absolute Gasteiger partial charge is 0.465 e. The van der Waals surface area contributed by atoms with Crippen molar-refractivity contribution in [2.75, 3.05) is 6.61 Å². The lowest BCUT2D eigenvalue weighted by Gasteiger charge is -2.49. The third kappa shape index (κ3) is 0.838. The van der Waals surface area contributed by atoms with Crippen molar-refractivity contribution in [3.63, 3.8) is 0 Å². The van der Waals surface area contributed by atoms with E-state index in [1.54, 1.807) is 6.92 Å². The number of fused-ring (bicyclic) bond motifs is 1. The first-order chi connectivity index (χ1) is 9.64. The summed E-state index contributed by atoms with van der Waals surface area (Å²) in [5.41, 5.74) is -1.60. The maximum Gasteiger partial charge on any atom is 0.327 e. The Morgan fingerprint density at radius 2 is 2.20 bits per heavy atom. The molecule has 5 unspecified atom stereocenters. The fraction of sp³-hybridized carbons (Fsp3) is 0.812. The van der Waals surface area contributed by atoms with E-state index in [2.05, 4.69) is 6.07 Å². The van der Waals surface area contributed by atoms with E-state index in [4.69, 9.17) is 4.74 Å². The number of esters is 1. The van der Waals surface area contributed by atoms with Gasteiger partial charge in [-0.15, -0.1) is 0 Å². The van der Waals surface area contributed by atoms with Crippen LogP contribution in [-0.2, 0) is 14.3 Å². The summed E-state index contributed by atoms with van der Waals surface area (Å²) >= 11 is 0. The molecule has 2 spiro atoms. The molecule has 4 aliphatic carbocycles. The number of rotatable bonds is 2. The van der Waals surface area contributed by atoms with E-state index in [9.17, 15) is 14.9 Å². The smallest absolute Gasteiger partial charge is 0.327 e. The van der Waals surface area contributed by atoms with E-state index in [1.807, 2.05) is 0 Å². The van der Waals surface area contributed by atoms with Gasteiger partial charge in [-0.3, -0.25) is 9.59 Å². The first-order valence-corrected chi connectivity index (χ1v) is 7.75. The van der Waals surface area contributed by atoms with Crippen LogP contribution in [-0.4, -0.2) is 18.4 Å². The van der Waals surface area contributed by atoms with Gasteiger partial charge < -0.3 is 4.74 Å². The molecule has 20 heavy (non-hydrogen) atoms. The van der Waals surface area contributed by atoms with E-state index in [1.165, 1.54) is 0 Å². The quantitative estimate of drug-likeness (QED) is 0.723. The summed E-state index contributed by atoms with van der Waals surface area (Å²) in [4.78, 5) is 24.8. The summed E-state index contributed by atoms with van der Waals surface area (Å²) in [6, 6.07) is 2.34. The van der Waals surface area contributed by atoms with E-state index in [0.29, 0.717) is 13.0 Å². The first kappa shape index (κ1) is 12.4. The van der Waals surface area contributed by atoms with E-state index < -0.39 is 5.41 Å². The molecule has 4 fully saturated rings. The zero-order valence-electron chi connectivity index (χ0n) is 11.8. The fourth-order valence-electron chi connectivity index (χ4n) is 6.57. The van der Waals surface area contributed by atoms with Crippen molar-refractivity contribution in [3.8, 4) is 6.07 Å². The number of Topliss-reactive ketones (excluding diaryl/α,β-unsaturated/α-hetero) is 1. The lowest BCUT2D eigenvalue weighted by Crippen LogP contribution is -2.47. The highest BCUT2D eigenvalue weighted by Gasteiger charge is 3.03. The van der Waals surface area contributed by atoms with Crippen LogP contribution in [0.15, 0.2) is 0 Å². The Labute approximate surface area is 118 Å². The maximum atomic E-state index is 12.6. The van der Waals surface area contributed by atoms with Gasteiger partial charge in [0, 0.05) is 23.2 Å². The second-order valence-corrected chi connectivity index (χ2v) is 6.82. The molecule has 0 heterocycles. The number of ether oxygens (including phenoxy) is 1. The van der Waals surface area contributed by atoms with Crippen LogP contribution in [0.3, 0.4) is 0 Å². The van der Waals surface area contributed by atoms with Gasteiger partial charge in [-0.25, -0.2) is 0 Å². The molecule has 5 atom stereocenters. The first-order valence-electron chi connectivity index (χ1n) is 7.75. The van der Waals surface area contributed by atoms with Crippen molar-refractivity contribution in [1.29, 1.82) is 5.26 Å². The van der Waals surface area contributed by atoms with Crippen LogP contribution < -0.4 is 0 Å². The lowest BCUT2D eigenvalue weighted by molar-refractivity contribution is -0.149. The Bertz CT molecular complexity index is 565. The number of hydrogen-bond donors (Lipinski definition) is 0. The topological polar surface area (TPSA) is 67.2 Å². The standard InChI is InChI=1S/C16H19NO3/c1-2-20-13(19)16(9-17)14-7-4-3-5-10(14)12-11(18)6-8-15(12,14)16/h10,12H,2-8H2,1H3. The second-order valence-electron chi connectivity index (χ2n) is 6.82. The van der Waals surface area contributed by atoms with Crippen molar-refractivity contribution < 1.29 is 14.3 Å². The maximum absolute atomic E-state index is 12.6. The molecular formula is C16H19NO3. The third-order valence-electron chi connectivity index (χ3n) is 6.84. The zero-order chi connectivity index (χ0) is 14.2. The number of nitriles is 1. The fourth-order valence-corrected chi connectivity index (χ4v) is 6.57. The minimum absolute atomic E-state index is 0.0353. The molecule has 0 saturated heterocycles. The summed E-state index contributed by atoms with van der Waals surface area (Å²) < 4.78 is 5.25. The van der Waals surface area contributed by atoms with Gasteiger partial charge in [-0.2, -0.15) is 5.26 Å². The van der Waals surface area contributed by atoms with Crippen LogP contribution in [0.1, 0.15) is 45.4 Å². The molecule has 0 amide bonds. The molecule has 0 bridgehead atoms. The number of ketones is 1. The predicted octanol–water partition coefficient (Wildman–Crippen LogP) is 2.23. The molecule has 0 aromatic carbocycles. The van der Waals surface area contributed by atoms with E-state index >= 15 is 0 Å². The van der Waals surface area contributed by atoms with Crippen molar-refractivity contribution in [3.05, 3.63) is 0 Å². The SMILES string of the molecule is CCOC(=O)C1(C#N)C23CCCCC2C2C(=O)CCC213. The molecule has 0 N–H and O–H groups in total. The van der Waals surface area contributed by atoms with Gasteiger partial charge in [0.1, 0.15) is 5.78 Å². The summed E-state index contributed by atoms with van der Waals surface area (Å²) in [7, 11) is 0. The lowest BCUT2D eigenvalue weighted by atomic mass is 9.53. The second kappa shape index (κ2) is 3.44. The molecular weight excluding hydrogens is 254 g/mol. The van der Waals surface area contributed by atoms with Gasteiger partial charge in [-0.1, -0.05) is 12.8 Å². The van der Waals surface area contributed by atoms with Gasteiger partial charge in [0.2, 0.25) is 0 Å². The molecule has 106 valence electrons. The summed E-state index contributed by atoms with van der Waals surface area (Å²) in [6.45, 7) is 2.08. The monoisotopic (exact) mass is 273 g/mol. The molecule has 0 aliphatic heterocycles. The van der Waals surface area contributed by atoms with Crippen molar-refractivity contribution in [2.45, 2.75) is 45.4 Å². The average molecular weight is 273 g/mol. The number of hydrogen-bond acceptors (Lipinski definition) is 4. The Morgan fingerprint density at radius 3 is 2.90 bits per heavy atom. The molecule has 0 radical (unpaired) electrons.